The molecular weight excluding hydrogens is 474 g/mol. The highest BCUT2D eigenvalue weighted by Gasteiger charge is 2.33. The number of aromatic nitrogens is 1. The summed E-state index contributed by atoms with van der Waals surface area (Å²) in [6.07, 6.45) is 4.25. The van der Waals surface area contributed by atoms with E-state index in [1.165, 1.54) is 18.3 Å². The Labute approximate surface area is 174 Å². The quantitative estimate of drug-likeness (QED) is 0.592. The number of carbonyl (C=O) groups excluding carboxylic acids is 1. The molecule has 7 nitrogen and oxygen atoms in total. The van der Waals surface area contributed by atoms with Crippen LogP contribution in [0.2, 0.25) is 0 Å². The van der Waals surface area contributed by atoms with E-state index in [0.29, 0.717) is 37.5 Å². The largest absolute Gasteiger partial charge is 0.302 e. The predicted molar refractivity (Wildman–Crippen MR) is 110 cm³/mol. The minimum atomic E-state index is -3.98. The van der Waals surface area contributed by atoms with Gasteiger partial charge in [0.2, 0.25) is 5.91 Å². The smallest absolute Gasteiger partial charge is 0.274 e. The van der Waals surface area contributed by atoms with Crippen LogP contribution in [0.15, 0.2) is 14.1 Å². The molecule has 0 aliphatic heterocycles. The summed E-state index contributed by atoms with van der Waals surface area (Å²) < 4.78 is 27.0. The summed E-state index contributed by atoms with van der Waals surface area (Å²) in [5.74, 6) is -0.216. The van der Waals surface area contributed by atoms with E-state index in [-0.39, 0.29) is 16.2 Å². The SMILES string of the molecule is CC(=O)Nc1nc(C)c(-c2cc(S(=O)(=O)N(O)C3CCCCC3)sc2Br)s1. The molecule has 1 aliphatic rings. The molecule has 0 radical (unpaired) electrons. The number of hydrogen-bond acceptors (Lipinski definition) is 7. The van der Waals surface area contributed by atoms with Crippen LogP contribution in [-0.2, 0) is 14.8 Å². The van der Waals surface area contributed by atoms with Gasteiger partial charge >= 0.3 is 0 Å². The molecule has 2 aromatic heterocycles. The first-order valence-electron chi connectivity index (χ1n) is 8.48. The topological polar surface area (TPSA) is 99.6 Å². The molecule has 0 saturated heterocycles. The fraction of sp³-hybridized carbons (Fsp3) is 0.500. The second kappa shape index (κ2) is 8.26. The fourth-order valence-corrected chi connectivity index (χ4v) is 8.04. The maximum Gasteiger partial charge on any atom is 0.274 e. The van der Waals surface area contributed by atoms with Crippen molar-refractivity contribution in [2.45, 2.75) is 56.2 Å². The summed E-state index contributed by atoms with van der Waals surface area (Å²) in [4.78, 5) is 16.3. The van der Waals surface area contributed by atoms with E-state index in [0.717, 1.165) is 35.5 Å². The van der Waals surface area contributed by atoms with Gasteiger partial charge in [-0.05, 0) is 41.8 Å². The van der Waals surface area contributed by atoms with Gasteiger partial charge in [-0.2, -0.15) is 0 Å². The van der Waals surface area contributed by atoms with Gasteiger partial charge in [-0.25, -0.2) is 13.4 Å². The van der Waals surface area contributed by atoms with Crippen molar-refractivity contribution >= 4 is 59.7 Å². The summed E-state index contributed by atoms with van der Waals surface area (Å²) in [5.41, 5.74) is 1.38. The molecular formula is C16H20BrN3O4S3. The molecule has 1 fully saturated rings. The Bertz CT molecular complexity index is 948. The van der Waals surface area contributed by atoms with Crippen molar-refractivity contribution in [3.8, 4) is 10.4 Å². The lowest BCUT2D eigenvalue weighted by molar-refractivity contribution is -0.114. The number of hydrogen-bond donors (Lipinski definition) is 2. The lowest BCUT2D eigenvalue weighted by atomic mass is 9.96. The van der Waals surface area contributed by atoms with E-state index in [4.69, 9.17) is 0 Å². The van der Waals surface area contributed by atoms with Gasteiger partial charge in [-0.3, -0.25) is 10.0 Å². The van der Waals surface area contributed by atoms with Crippen molar-refractivity contribution in [2.24, 2.45) is 0 Å². The molecule has 27 heavy (non-hydrogen) atoms. The third kappa shape index (κ3) is 4.43. The summed E-state index contributed by atoms with van der Waals surface area (Å²) in [6, 6.07) is 1.18. The zero-order chi connectivity index (χ0) is 19.8. The lowest BCUT2D eigenvalue weighted by Crippen LogP contribution is -2.38. The van der Waals surface area contributed by atoms with E-state index in [9.17, 15) is 18.4 Å². The van der Waals surface area contributed by atoms with Gasteiger partial charge in [0.05, 0.1) is 20.4 Å². The fourth-order valence-electron chi connectivity index (χ4n) is 3.07. The number of nitrogens with one attached hydrogen (secondary N) is 1. The number of amides is 1. The van der Waals surface area contributed by atoms with E-state index in [1.807, 2.05) is 0 Å². The molecule has 0 aromatic carbocycles. The molecule has 2 heterocycles. The molecule has 0 bridgehead atoms. The van der Waals surface area contributed by atoms with Crippen LogP contribution in [0.25, 0.3) is 10.4 Å². The number of hydroxylamine groups is 1. The monoisotopic (exact) mass is 493 g/mol. The normalized spacial score (nSPS) is 16.0. The van der Waals surface area contributed by atoms with Crippen molar-refractivity contribution < 1.29 is 18.4 Å². The number of rotatable bonds is 5. The van der Waals surface area contributed by atoms with Gasteiger partial charge < -0.3 is 5.32 Å². The van der Waals surface area contributed by atoms with Crippen LogP contribution < -0.4 is 5.32 Å². The van der Waals surface area contributed by atoms with E-state index in [1.54, 1.807) is 13.0 Å². The zero-order valence-corrected chi connectivity index (χ0v) is 18.9. The van der Waals surface area contributed by atoms with Crippen molar-refractivity contribution in [1.82, 2.24) is 9.45 Å². The van der Waals surface area contributed by atoms with E-state index < -0.39 is 10.0 Å². The minimum absolute atomic E-state index is 0.0753. The van der Waals surface area contributed by atoms with Crippen LogP contribution in [0.5, 0.6) is 0 Å². The Balaban J connectivity index is 1.92. The Kier molecular flexibility index (Phi) is 6.38. The first-order valence-corrected chi connectivity index (χ1v) is 12.3. The molecule has 3 rings (SSSR count). The molecule has 1 amide bonds. The van der Waals surface area contributed by atoms with Gasteiger partial charge in [0.15, 0.2) is 5.13 Å². The number of sulfonamides is 1. The lowest BCUT2D eigenvalue weighted by Gasteiger charge is -2.27. The number of thiazole rings is 1. The zero-order valence-electron chi connectivity index (χ0n) is 14.9. The molecule has 11 heteroatoms. The Hall–Kier alpha value is -0.850. The van der Waals surface area contributed by atoms with Crippen molar-refractivity contribution in [3.63, 3.8) is 0 Å². The van der Waals surface area contributed by atoms with Gasteiger partial charge in [0.1, 0.15) is 4.21 Å². The van der Waals surface area contributed by atoms with Gasteiger partial charge in [0.25, 0.3) is 10.0 Å². The van der Waals surface area contributed by atoms with Gasteiger partial charge in [-0.15, -0.1) is 11.3 Å². The van der Waals surface area contributed by atoms with Crippen LogP contribution in [0.3, 0.4) is 0 Å². The summed E-state index contributed by atoms with van der Waals surface area (Å²) in [5, 5.41) is 13.5. The number of aryl methyl sites for hydroxylation is 1. The summed E-state index contributed by atoms with van der Waals surface area (Å²) in [7, 11) is -3.98. The average Bonchev–Trinajstić information content (AvgIpc) is 3.17. The molecule has 148 valence electrons. The number of nitrogens with zero attached hydrogens (tertiary/aromatic N) is 2. The van der Waals surface area contributed by atoms with E-state index in [2.05, 4.69) is 26.2 Å². The number of anilines is 1. The van der Waals surface area contributed by atoms with Crippen LogP contribution in [0, 0.1) is 6.92 Å². The Morgan fingerprint density at radius 1 is 1.33 bits per heavy atom. The van der Waals surface area contributed by atoms with Crippen molar-refractivity contribution in [2.75, 3.05) is 5.32 Å². The number of halogens is 1. The summed E-state index contributed by atoms with van der Waals surface area (Å²) in [6.45, 7) is 3.21. The summed E-state index contributed by atoms with van der Waals surface area (Å²) >= 11 is 5.77. The Morgan fingerprint density at radius 2 is 2.00 bits per heavy atom. The molecule has 0 unspecified atom stereocenters. The van der Waals surface area contributed by atoms with Gasteiger partial charge in [-0.1, -0.05) is 35.1 Å². The van der Waals surface area contributed by atoms with Crippen LogP contribution in [0.1, 0.15) is 44.7 Å². The Morgan fingerprint density at radius 3 is 2.63 bits per heavy atom. The van der Waals surface area contributed by atoms with Crippen LogP contribution in [0.4, 0.5) is 5.13 Å². The molecule has 1 saturated carbocycles. The van der Waals surface area contributed by atoms with Crippen LogP contribution >= 0.6 is 38.6 Å². The average molecular weight is 494 g/mol. The molecule has 2 N–H and O–H groups in total. The third-order valence-corrected chi connectivity index (χ3v) is 9.41. The molecule has 2 aromatic rings. The third-order valence-electron chi connectivity index (χ3n) is 4.38. The first-order chi connectivity index (χ1) is 12.7. The number of thiophene rings is 1. The highest BCUT2D eigenvalue weighted by atomic mass is 79.9. The number of carbonyl (C=O) groups is 1. The van der Waals surface area contributed by atoms with Crippen molar-refractivity contribution in [3.05, 3.63) is 15.5 Å². The maximum atomic E-state index is 12.9. The highest BCUT2D eigenvalue weighted by Crippen LogP contribution is 2.43. The van der Waals surface area contributed by atoms with Gasteiger partial charge in [0, 0.05) is 12.5 Å². The maximum absolute atomic E-state index is 12.9. The predicted octanol–water partition coefficient (Wildman–Crippen LogP) is 4.61. The van der Waals surface area contributed by atoms with E-state index >= 15 is 0 Å². The molecule has 1 aliphatic carbocycles. The second-order valence-electron chi connectivity index (χ2n) is 6.44. The van der Waals surface area contributed by atoms with Crippen LogP contribution in [-0.4, -0.2) is 35.0 Å². The second-order valence-corrected chi connectivity index (χ2v) is 11.8. The first kappa shape index (κ1) is 20.9. The highest BCUT2D eigenvalue weighted by molar-refractivity contribution is 9.11. The standard InChI is InChI=1S/C16H20BrN3O4S3/c1-9-14(26-16(18-9)19-10(2)21)12-8-13(25-15(12)17)27(23,24)20(22)11-6-4-3-5-7-11/h8,11,22H,3-7H2,1-2H3,(H,18,19,21). The molecule has 0 atom stereocenters. The minimum Gasteiger partial charge on any atom is -0.302 e. The van der Waals surface area contributed by atoms with Crippen molar-refractivity contribution in [1.29, 1.82) is 0 Å². The molecule has 0 spiro atoms.